The molecule has 146 valence electrons. The highest BCUT2D eigenvalue weighted by molar-refractivity contribution is 5.92. The van der Waals surface area contributed by atoms with E-state index < -0.39 is 5.91 Å². The van der Waals surface area contributed by atoms with Gasteiger partial charge in [0, 0.05) is 11.5 Å². The number of hydrazine groups is 1. The van der Waals surface area contributed by atoms with Crippen LogP contribution in [0.2, 0.25) is 0 Å². The molecular formula is C19H20N4O5. The van der Waals surface area contributed by atoms with Crippen molar-refractivity contribution in [2.75, 3.05) is 33.4 Å². The molecule has 28 heavy (non-hydrogen) atoms. The average molecular weight is 384 g/mol. The minimum atomic E-state index is -0.391. The molecular weight excluding hydrogens is 364 g/mol. The van der Waals surface area contributed by atoms with Crippen LogP contribution in [0.4, 0.5) is 5.82 Å². The molecule has 0 atom stereocenters. The van der Waals surface area contributed by atoms with Crippen LogP contribution in [0, 0.1) is 0 Å². The third-order valence-corrected chi connectivity index (χ3v) is 3.89. The van der Waals surface area contributed by atoms with Crippen LogP contribution in [0.25, 0.3) is 10.9 Å². The number of aromatic nitrogens is 2. The Morgan fingerprint density at radius 1 is 0.929 bits per heavy atom. The summed E-state index contributed by atoms with van der Waals surface area (Å²) >= 11 is 0. The van der Waals surface area contributed by atoms with E-state index in [0.717, 1.165) is 0 Å². The summed E-state index contributed by atoms with van der Waals surface area (Å²) < 4.78 is 21.3. The molecule has 0 aliphatic heterocycles. The molecule has 1 amide bonds. The quantitative estimate of drug-likeness (QED) is 0.570. The predicted octanol–water partition coefficient (Wildman–Crippen LogP) is 2.18. The number of carbonyl (C=O) groups is 1. The highest BCUT2D eigenvalue weighted by Gasteiger charge is 2.12. The van der Waals surface area contributed by atoms with Crippen molar-refractivity contribution >= 4 is 22.6 Å². The first kappa shape index (κ1) is 19.0. The summed E-state index contributed by atoms with van der Waals surface area (Å²) in [7, 11) is 4.62. The maximum Gasteiger partial charge on any atom is 0.276 e. The second-order valence-corrected chi connectivity index (χ2v) is 5.56. The van der Waals surface area contributed by atoms with Crippen molar-refractivity contribution in [1.29, 1.82) is 0 Å². The zero-order valence-electron chi connectivity index (χ0n) is 15.7. The monoisotopic (exact) mass is 384 g/mol. The number of amides is 1. The lowest BCUT2D eigenvalue weighted by atomic mass is 10.2. The van der Waals surface area contributed by atoms with Gasteiger partial charge >= 0.3 is 0 Å². The van der Waals surface area contributed by atoms with Crippen molar-refractivity contribution in [3.63, 3.8) is 0 Å². The number of ether oxygens (including phenoxy) is 4. The van der Waals surface area contributed by atoms with Crippen LogP contribution >= 0.6 is 0 Å². The third kappa shape index (κ3) is 4.14. The van der Waals surface area contributed by atoms with Gasteiger partial charge in [-0.3, -0.25) is 15.6 Å². The average Bonchev–Trinajstić information content (AvgIpc) is 2.75. The molecule has 0 aliphatic rings. The van der Waals surface area contributed by atoms with Crippen LogP contribution in [0.5, 0.6) is 23.0 Å². The van der Waals surface area contributed by atoms with Crippen molar-refractivity contribution in [3.05, 3.63) is 42.7 Å². The maximum absolute atomic E-state index is 12.1. The first-order valence-corrected chi connectivity index (χ1v) is 8.33. The Morgan fingerprint density at radius 2 is 1.61 bits per heavy atom. The van der Waals surface area contributed by atoms with Gasteiger partial charge in [0.25, 0.3) is 5.91 Å². The Hall–Kier alpha value is -3.75. The minimum Gasteiger partial charge on any atom is -0.493 e. The van der Waals surface area contributed by atoms with Gasteiger partial charge in [0.2, 0.25) is 0 Å². The minimum absolute atomic E-state index is 0.201. The van der Waals surface area contributed by atoms with Crippen molar-refractivity contribution in [2.24, 2.45) is 0 Å². The third-order valence-electron chi connectivity index (χ3n) is 3.89. The number of hydrogen-bond acceptors (Lipinski definition) is 8. The summed E-state index contributed by atoms with van der Waals surface area (Å²) in [5, 5.41) is 0.658. The van der Waals surface area contributed by atoms with Gasteiger partial charge in [-0.2, -0.15) is 0 Å². The highest BCUT2D eigenvalue weighted by Crippen LogP contribution is 2.33. The van der Waals surface area contributed by atoms with Gasteiger partial charge in [0.05, 0.1) is 26.8 Å². The molecule has 0 saturated carbocycles. The molecule has 0 aliphatic carbocycles. The topological polar surface area (TPSA) is 104 Å². The van der Waals surface area contributed by atoms with Crippen LogP contribution in [0.1, 0.15) is 0 Å². The van der Waals surface area contributed by atoms with E-state index in [0.29, 0.717) is 39.7 Å². The lowest BCUT2D eigenvalue weighted by molar-refractivity contribution is -0.122. The van der Waals surface area contributed by atoms with E-state index in [1.807, 2.05) is 6.07 Å². The maximum atomic E-state index is 12.1. The number of anilines is 1. The van der Waals surface area contributed by atoms with E-state index in [1.165, 1.54) is 20.5 Å². The first-order valence-electron chi connectivity index (χ1n) is 8.33. The molecule has 9 nitrogen and oxygen atoms in total. The first-order chi connectivity index (χ1) is 13.7. The number of fused-ring (bicyclic) bond motifs is 1. The normalized spacial score (nSPS) is 10.2. The lowest BCUT2D eigenvalue weighted by Crippen LogP contribution is -2.34. The van der Waals surface area contributed by atoms with Gasteiger partial charge in [-0.05, 0) is 18.2 Å². The Morgan fingerprint density at radius 3 is 2.32 bits per heavy atom. The van der Waals surface area contributed by atoms with Crippen LogP contribution in [0.15, 0.2) is 42.7 Å². The fourth-order valence-corrected chi connectivity index (χ4v) is 2.53. The van der Waals surface area contributed by atoms with E-state index in [9.17, 15) is 4.79 Å². The van der Waals surface area contributed by atoms with E-state index in [1.54, 1.807) is 37.4 Å². The number of para-hydroxylation sites is 2. The Balaban J connectivity index is 1.68. The molecule has 2 N–H and O–H groups in total. The standard InChI is InChI=1S/C19H20N4O5/c1-25-14-6-4-5-7-15(14)28-10-18(24)22-23-19-12-8-16(26-2)17(27-3)9-13(12)20-11-21-19/h4-9,11H,10H2,1-3H3,(H,22,24)(H,20,21,23). The van der Waals surface area contributed by atoms with E-state index in [-0.39, 0.29) is 6.61 Å². The zero-order valence-corrected chi connectivity index (χ0v) is 15.7. The summed E-state index contributed by atoms with van der Waals surface area (Å²) in [5.74, 6) is 2.12. The molecule has 3 aromatic rings. The highest BCUT2D eigenvalue weighted by atomic mass is 16.5. The molecule has 0 saturated heterocycles. The number of rotatable bonds is 8. The fourth-order valence-electron chi connectivity index (χ4n) is 2.53. The van der Waals surface area contributed by atoms with Gasteiger partial charge in [-0.15, -0.1) is 0 Å². The zero-order chi connectivity index (χ0) is 19.9. The number of benzene rings is 2. The van der Waals surface area contributed by atoms with Crippen LogP contribution in [-0.2, 0) is 4.79 Å². The summed E-state index contributed by atoms with van der Waals surface area (Å²) in [6.45, 7) is -0.201. The summed E-state index contributed by atoms with van der Waals surface area (Å²) in [6, 6.07) is 10.5. The van der Waals surface area contributed by atoms with E-state index >= 15 is 0 Å². The van der Waals surface area contributed by atoms with Crippen LogP contribution in [-0.4, -0.2) is 43.8 Å². The molecule has 3 rings (SSSR count). The van der Waals surface area contributed by atoms with Gasteiger partial charge in [0.1, 0.15) is 6.33 Å². The SMILES string of the molecule is COc1cc2ncnc(NNC(=O)COc3ccccc3OC)c2cc1OC. The Bertz CT molecular complexity index is 980. The molecule has 0 radical (unpaired) electrons. The van der Waals surface area contributed by atoms with Gasteiger partial charge in [0.15, 0.2) is 35.4 Å². The van der Waals surface area contributed by atoms with Crippen molar-refractivity contribution in [2.45, 2.75) is 0 Å². The molecule has 2 aromatic carbocycles. The van der Waals surface area contributed by atoms with Crippen molar-refractivity contribution in [3.8, 4) is 23.0 Å². The molecule has 0 spiro atoms. The van der Waals surface area contributed by atoms with Crippen molar-refractivity contribution < 1.29 is 23.7 Å². The second kappa shape index (κ2) is 8.76. The molecule has 9 heteroatoms. The Kier molecular flexibility index (Phi) is 5.95. The molecule has 1 heterocycles. The molecule has 0 fully saturated rings. The lowest BCUT2D eigenvalue weighted by Gasteiger charge is -2.13. The number of nitrogens with zero attached hydrogens (tertiary/aromatic N) is 2. The van der Waals surface area contributed by atoms with Crippen LogP contribution in [0.3, 0.4) is 0 Å². The largest absolute Gasteiger partial charge is 0.493 e. The Labute approximate surface area is 161 Å². The predicted molar refractivity (Wildman–Crippen MR) is 103 cm³/mol. The fraction of sp³-hybridized carbons (Fsp3) is 0.211. The number of nitrogens with one attached hydrogen (secondary N) is 2. The van der Waals surface area contributed by atoms with Gasteiger partial charge in [-0.1, -0.05) is 12.1 Å². The smallest absolute Gasteiger partial charge is 0.276 e. The number of carbonyl (C=O) groups excluding carboxylic acids is 1. The molecule has 1 aromatic heterocycles. The van der Waals surface area contributed by atoms with E-state index in [4.69, 9.17) is 18.9 Å². The summed E-state index contributed by atoms with van der Waals surface area (Å²) in [5.41, 5.74) is 5.96. The molecule has 0 bridgehead atoms. The van der Waals surface area contributed by atoms with Gasteiger partial charge in [-0.25, -0.2) is 9.97 Å². The second-order valence-electron chi connectivity index (χ2n) is 5.56. The van der Waals surface area contributed by atoms with Crippen LogP contribution < -0.4 is 29.8 Å². The molecule has 0 unspecified atom stereocenters. The van der Waals surface area contributed by atoms with Crippen molar-refractivity contribution in [1.82, 2.24) is 15.4 Å². The number of hydrogen-bond donors (Lipinski definition) is 2. The summed E-state index contributed by atoms with van der Waals surface area (Å²) in [4.78, 5) is 20.5. The van der Waals surface area contributed by atoms with E-state index in [2.05, 4.69) is 20.8 Å². The summed E-state index contributed by atoms with van der Waals surface area (Å²) in [6.07, 6.45) is 1.38. The van der Waals surface area contributed by atoms with Gasteiger partial charge < -0.3 is 18.9 Å². The number of methoxy groups -OCH3 is 3.